The van der Waals surface area contributed by atoms with E-state index in [0.29, 0.717) is 18.8 Å². The van der Waals surface area contributed by atoms with Crippen molar-refractivity contribution in [2.24, 2.45) is 5.92 Å². The van der Waals surface area contributed by atoms with Gasteiger partial charge in [-0.1, -0.05) is 13.3 Å². The fourth-order valence-electron chi connectivity index (χ4n) is 3.52. The topological polar surface area (TPSA) is 78.5 Å². The van der Waals surface area contributed by atoms with E-state index in [1.807, 2.05) is 45.6 Å². The van der Waals surface area contributed by atoms with Gasteiger partial charge in [0.15, 0.2) is 0 Å². The molecule has 0 spiro atoms. The molecule has 1 saturated heterocycles. The molecule has 0 saturated carbocycles. The van der Waals surface area contributed by atoms with E-state index in [1.165, 1.54) is 0 Å². The van der Waals surface area contributed by atoms with Crippen LogP contribution in [0.4, 0.5) is 4.79 Å². The predicted octanol–water partition coefficient (Wildman–Crippen LogP) is 3.86. The molecule has 1 N–H and O–H groups in total. The van der Waals surface area contributed by atoms with E-state index >= 15 is 0 Å². The molecular weight excluding hydrogens is 356 g/mol. The first-order valence-electron chi connectivity index (χ1n) is 10.4. The van der Waals surface area contributed by atoms with Crippen LogP contribution >= 0.6 is 0 Å². The minimum atomic E-state index is -0.519. The number of carbonyl (C=O) groups excluding carboxylic acids is 2. The number of aromatic nitrogens is 2. The van der Waals surface area contributed by atoms with Gasteiger partial charge in [0.25, 0.3) is 5.91 Å². The average Bonchev–Trinajstić information content (AvgIpc) is 3.06. The summed E-state index contributed by atoms with van der Waals surface area (Å²) < 4.78 is 5.56. The number of amides is 2. The Morgan fingerprint density at radius 1 is 1.39 bits per heavy atom. The number of ether oxygens (including phenoxy) is 1. The Labute approximate surface area is 168 Å². The highest BCUT2D eigenvalue weighted by atomic mass is 16.6. The SMILES string of the molecule is CCCc1cc(C(=O)N2CCCC(CN(C(=O)OC(C)(C)C)C(C)C)C2)n[nH]1. The number of likely N-dealkylation sites (tertiary alicyclic amines) is 1. The van der Waals surface area contributed by atoms with Crippen molar-refractivity contribution in [1.29, 1.82) is 0 Å². The van der Waals surface area contributed by atoms with Gasteiger partial charge in [-0.15, -0.1) is 0 Å². The zero-order valence-electron chi connectivity index (χ0n) is 18.2. The van der Waals surface area contributed by atoms with Gasteiger partial charge in [-0.25, -0.2) is 4.79 Å². The molecule has 2 rings (SSSR count). The molecule has 0 bridgehead atoms. The average molecular weight is 393 g/mol. The molecular formula is C21H36N4O3. The van der Waals surface area contributed by atoms with E-state index in [4.69, 9.17) is 4.74 Å². The van der Waals surface area contributed by atoms with Gasteiger partial charge in [0, 0.05) is 31.4 Å². The van der Waals surface area contributed by atoms with Crippen molar-refractivity contribution in [2.75, 3.05) is 19.6 Å². The van der Waals surface area contributed by atoms with Crippen LogP contribution < -0.4 is 0 Å². The van der Waals surface area contributed by atoms with Gasteiger partial charge in [-0.2, -0.15) is 5.10 Å². The van der Waals surface area contributed by atoms with E-state index in [9.17, 15) is 9.59 Å². The molecule has 1 atom stereocenters. The maximum Gasteiger partial charge on any atom is 0.410 e. The Hall–Kier alpha value is -2.05. The van der Waals surface area contributed by atoms with Gasteiger partial charge < -0.3 is 14.5 Å². The van der Waals surface area contributed by atoms with Crippen molar-refractivity contribution in [1.82, 2.24) is 20.0 Å². The summed E-state index contributed by atoms with van der Waals surface area (Å²) in [6.45, 7) is 13.7. The highest BCUT2D eigenvalue weighted by Crippen LogP contribution is 2.22. The molecule has 7 heteroatoms. The number of aryl methyl sites for hydroxylation is 1. The van der Waals surface area contributed by atoms with Crippen molar-refractivity contribution >= 4 is 12.0 Å². The minimum absolute atomic E-state index is 0.0309. The zero-order chi connectivity index (χ0) is 20.9. The number of H-pyrrole nitrogens is 1. The maximum atomic E-state index is 12.8. The molecule has 1 aliphatic rings. The molecule has 1 aliphatic heterocycles. The number of piperidine rings is 1. The van der Waals surface area contributed by atoms with Gasteiger partial charge in [0.1, 0.15) is 11.3 Å². The van der Waals surface area contributed by atoms with Crippen LogP contribution in [-0.2, 0) is 11.2 Å². The summed E-state index contributed by atoms with van der Waals surface area (Å²) in [4.78, 5) is 29.1. The van der Waals surface area contributed by atoms with Crippen molar-refractivity contribution in [3.8, 4) is 0 Å². The van der Waals surface area contributed by atoms with Crippen LogP contribution in [0.15, 0.2) is 6.07 Å². The smallest absolute Gasteiger partial charge is 0.410 e. The lowest BCUT2D eigenvalue weighted by atomic mass is 9.96. The van der Waals surface area contributed by atoms with E-state index < -0.39 is 5.60 Å². The first kappa shape index (κ1) is 22.2. The Morgan fingerprint density at radius 3 is 2.71 bits per heavy atom. The second-order valence-electron chi connectivity index (χ2n) is 9.01. The van der Waals surface area contributed by atoms with Gasteiger partial charge >= 0.3 is 6.09 Å². The van der Waals surface area contributed by atoms with Crippen LogP contribution in [0.5, 0.6) is 0 Å². The molecule has 0 radical (unpaired) electrons. The molecule has 1 fully saturated rings. The van der Waals surface area contributed by atoms with Gasteiger partial charge in [0.05, 0.1) is 0 Å². The molecule has 158 valence electrons. The lowest BCUT2D eigenvalue weighted by Crippen LogP contribution is -2.48. The minimum Gasteiger partial charge on any atom is -0.444 e. The van der Waals surface area contributed by atoms with Crippen molar-refractivity contribution in [3.05, 3.63) is 17.5 Å². The monoisotopic (exact) mass is 392 g/mol. The molecule has 1 aromatic heterocycles. The number of aromatic amines is 1. The number of hydrogen-bond donors (Lipinski definition) is 1. The maximum absolute atomic E-state index is 12.8. The molecule has 28 heavy (non-hydrogen) atoms. The number of nitrogens with one attached hydrogen (secondary N) is 1. The molecule has 7 nitrogen and oxygen atoms in total. The fraction of sp³-hybridized carbons (Fsp3) is 0.762. The van der Waals surface area contributed by atoms with Crippen LogP contribution in [0.1, 0.15) is 77.0 Å². The third kappa shape index (κ3) is 6.24. The molecule has 0 aliphatic carbocycles. The number of nitrogens with zero attached hydrogens (tertiary/aromatic N) is 3. The molecule has 0 aromatic carbocycles. The van der Waals surface area contributed by atoms with Gasteiger partial charge in [-0.05, 0) is 65.9 Å². The van der Waals surface area contributed by atoms with Crippen LogP contribution in [0, 0.1) is 5.92 Å². The quantitative estimate of drug-likeness (QED) is 0.797. The van der Waals surface area contributed by atoms with Crippen LogP contribution in [0.2, 0.25) is 0 Å². The Bertz CT molecular complexity index is 663. The summed E-state index contributed by atoms with van der Waals surface area (Å²) in [5.41, 5.74) is 0.960. The summed E-state index contributed by atoms with van der Waals surface area (Å²) in [7, 11) is 0. The number of carbonyl (C=O) groups is 2. The largest absolute Gasteiger partial charge is 0.444 e. The van der Waals surface area contributed by atoms with Gasteiger partial charge in [0.2, 0.25) is 0 Å². The first-order chi connectivity index (χ1) is 13.1. The van der Waals surface area contributed by atoms with Crippen LogP contribution in [-0.4, -0.2) is 63.3 Å². The Kier molecular flexibility index (Phi) is 7.49. The number of hydrogen-bond acceptors (Lipinski definition) is 4. The van der Waals surface area contributed by atoms with E-state index in [1.54, 1.807) is 4.90 Å². The van der Waals surface area contributed by atoms with E-state index in [0.717, 1.165) is 37.9 Å². The lowest BCUT2D eigenvalue weighted by Gasteiger charge is -2.37. The normalized spacial score (nSPS) is 17.7. The Morgan fingerprint density at radius 2 is 2.11 bits per heavy atom. The molecule has 2 heterocycles. The highest BCUT2D eigenvalue weighted by Gasteiger charge is 2.31. The first-order valence-corrected chi connectivity index (χ1v) is 10.4. The van der Waals surface area contributed by atoms with E-state index in [-0.39, 0.29) is 24.0 Å². The second kappa shape index (κ2) is 9.43. The Balaban J connectivity index is 2.00. The third-order valence-corrected chi connectivity index (χ3v) is 4.88. The summed E-state index contributed by atoms with van der Waals surface area (Å²) in [6, 6.07) is 1.90. The standard InChI is InChI=1S/C21H36N4O3/c1-7-9-17-12-18(23-22-17)19(26)24-11-8-10-16(13-24)14-25(15(2)3)20(27)28-21(4,5)6/h12,15-16H,7-11,13-14H2,1-6H3,(H,22,23). The van der Waals surface area contributed by atoms with Gasteiger partial charge in [-0.3, -0.25) is 9.89 Å². The number of rotatable bonds is 6. The summed E-state index contributed by atoms with van der Waals surface area (Å²) in [5.74, 6) is 0.207. The second-order valence-corrected chi connectivity index (χ2v) is 9.01. The zero-order valence-corrected chi connectivity index (χ0v) is 18.2. The predicted molar refractivity (Wildman–Crippen MR) is 109 cm³/mol. The van der Waals surface area contributed by atoms with Crippen molar-refractivity contribution < 1.29 is 14.3 Å². The molecule has 1 unspecified atom stereocenters. The third-order valence-electron chi connectivity index (χ3n) is 4.88. The van der Waals surface area contributed by atoms with Crippen LogP contribution in [0.3, 0.4) is 0 Å². The van der Waals surface area contributed by atoms with Crippen LogP contribution in [0.25, 0.3) is 0 Å². The summed E-state index contributed by atoms with van der Waals surface area (Å²) in [6.07, 6.45) is 3.54. The molecule has 1 aromatic rings. The van der Waals surface area contributed by atoms with E-state index in [2.05, 4.69) is 17.1 Å². The summed E-state index contributed by atoms with van der Waals surface area (Å²) in [5, 5.41) is 7.15. The highest BCUT2D eigenvalue weighted by molar-refractivity contribution is 5.92. The van der Waals surface area contributed by atoms with Crippen molar-refractivity contribution in [3.63, 3.8) is 0 Å². The van der Waals surface area contributed by atoms with Crippen molar-refractivity contribution in [2.45, 2.75) is 78.9 Å². The fourth-order valence-corrected chi connectivity index (χ4v) is 3.52. The molecule has 2 amide bonds. The summed E-state index contributed by atoms with van der Waals surface area (Å²) >= 11 is 0. The lowest BCUT2D eigenvalue weighted by molar-refractivity contribution is 0.0123.